The summed E-state index contributed by atoms with van der Waals surface area (Å²) in [7, 11) is 0. The lowest BCUT2D eigenvalue weighted by Crippen LogP contribution is -2.38. The Morgan fingerprint density at radius 3 is 2.71 bits per heavy atom. The van der Waals surface area contributed by atoms with E-state index in [-0.39, 0.29) is 44.5 Å². The van der Waals surface area contributed by atoms with Crippen LogP contribution in [0.2, 0.25) is 0 Å². The van der Waals surface area contributed by atoms with Crippen LogP contribution >= 0.6 is 0 Å². The molecule has 0 atom stereocenters. The maximum Gasteiger partial charge on any atom is 0.324 e. The Kier molecular flexibility index (Phi) is 5.14. The summed E-state index contributed by atoms with van der Waals surface area (Å²) >= 11 is 0. The zero-order valence-corrected chi connectivity index (χ0v) is 11.5. The number of nitrogens with one attached hydrogen (secondary N) is 2. The first kappa shape index (κ1) is 14.8. The van der Waals surface area contributed by atoms with E-state index in [9.17, 15) is 14.4 Å². The largest absolute Gasteiger partial charge is 0.493 e. The van der Waals surface area contributed by atoms with Crippen molar-refractivity contribution >= 4 is 17.8 Å². The summed E-state index contributed by atoms with van der Waals surface area (Å²) in [5.41, 5.74) is 0. The first-order chi connectivity index (χ1) is 10.2. The smallest absolute Gasteiger partial charge is 0.324 e. The van der Waals surface area contributed by atoms with Gasteiger partial charge in [-0.2, -0.15) is 0 Å². The fraction of sp³-hybridized carbons (Fsp3) is 0.357. The molecule has 2 N–H and O–H groups in total. The average molecular weight is 291 g/mol. The van der Waals surface area contributed by atoms with Crippen molar-refractivity contribution in [2.24, 2.45) is 0 Å². The van der Waals surface area contributed by atoms with Crippen molar-refractivity contribution < 1.29 is 19.1 Å². The third kappa shape index (κ3) is 4.48. The van der Waals surface area contributed by atoms with Crippen LogP contribution in [0.5, 0.6) is 5.75 Å². The van der Waals surface area contributed by atoms with Gasteiger partial charge in [-0.3, -0.25) is 14.5 Å². The molecule has 21 heavy (non-hydrogen) atoms. The summed E-state index contributed by atoms with van der Waals surface area (Å²) in [6.45, 7) is 0.718. The molecule has 0 aromatic heterocycles. The van der Waals surface area contributed by atoms with Crippen LogP contribution in [0.25, 0.3) is 0 Å². The van der Waals surface area contributed by atoms with Crippen LogP contribution in [0, 0.1) is 0 Å². The van der Waals surface area contributed by atoms with E-state index in [2.05, 4.69) is 10.6 Å². The normalized spacial score (nSPS) is 14.0. The Labute approximate surface area is 122 Å². The summed E-state index contributed by atoms with van der Waals surface area (Å²) in [4.78, 5) is 35.2. The summed E-state index contributed by atoms with van der Waals surface area (Å²) in [5.74, 6) is 0.254. The van der Waals surface area contributed by atoms with E-state index in [1.807, 2.05) is 30.3 Å². The first-order valence-corrected chi connectivity index (χ1v) is 6.69. The minimum atomic E-state index is -0.415. The highest BCUT2D eigenvalue weighted by Gasteiger charge is 2.27. The molecule has 1 aromatic carbocycles. The van der Waals surface area contributed by atoms with Crippen molar-refractivity contribution in [3.63, 3.8) is 0 Å². The van der Waals surface area contributed by atoms with Gasteiger partial charge >= 0.3 is 6.03 Å². The summed E-state index contributed by atoms with van der Waals surface area (Å²) < 4.78 is 5.40. The van der Waals surface area contributed by atoms with Crippen LogP contribution in [-0.4, -0.2) is 49.0 Å². The quantitative estimate of drug-likeness (QED) is 0.699. The number of ether oxygens (including phenoxy) is 1. The molecule has 1 saturated heterocycles. The van der Waals surface area contributed by atoms with Crippen molar-refractivity contribution in [1.29, 1.82) is 0 Å². The number of urea groups is 1. The number of rotatable bonds is 7. The first-order valence-electron chi connectivity index (χ1n) is 6.69. The molecule has 1 fully saturated rings. The van der Waals surface area contributed by atoms with Gasteiger partial charge in [0.2, 0.25) is 11.8 Å². The number of carbonyl (C=O) groups excluding carboxylic acids is 3. The lowest BCUT2D eigenvalue weighted by Gasteiger charge is -2.12. The van der Waals surface area contributed by atoms with E-state index in [0.717, 1.165) is 4.90 Å². The number of nitrogens with zero attached hydrogens (tertiary/aromatic N) is 1. The zero-order chi connectivity index (χ0) is 15.1. The maximum atomic E-state index is 11.6. The van der Waals surface area contributed by atoms with Crippen LogP contribution in [0.1, 0.15) is 6.42 Å². The van der Waals surface area contributed by atoms with Gasteiger partial charge in [0.05, 0.1) is 19.6 Å². The topological polar surface area (TPSA) is 87.7 Å². The Bertz CT molecular complexity index is 502. The van der Waals surface area contributed by atoms with Crippen LogP contribution in [0.4, 0.5) is 4.79 Å². The molecular formula is C14H17N3O4. The van der Waals surface area contributed by atoms with E-state index in [4.69, 9.17) is 4.74 Å². The Balaban J connectivity index is 1.59. The molecule has 1 aliphatic rings. The highest BCUT2D eigenvalue weighted by atomic mass is 16.5. The average Bonchev–Trinajstić information content (AvgIpc) is 2.80. The van der Waals surface area contributed by atoms with Crippen LogP contribution in [0.15, 0.2) is 30.3 Å². The van der Waals surface area contributed by atoms with Crippen molar-refractivity contribution in [1.82, 2.24) is 15.5 Å². The number of hydrogen-bond acceptors (Lipinski definition) is 4. The second-order valence-corrected chi connectivity index (χ2v) is 4.47. The Morgan fingerprint density at radius 1 is 1.29 bits per heavy atom. The van der Waals surface area contributed by atoms with Gasteiger partial charge < -0.3 is 15.4 Å². The molecular weight excluding hydrogens is 274 g/mol. The van der Waals surface area contributed by atoms with Crippen molar-refractivity contribution in [2.75, 3.05) is 26.2 Å². The van der Waals surface area contributed by atoms with Gasteiger partial charge in [0, 0.05) is 13.1 Å². The minimum Gasteiger partial charge on any atom is -0.493 e. The van der Waals surface area contributed by atoms with Crippen LogP contribution in [0.3, 0.4) is 0 Å². The van der Waals surface area contributed by atoms with Crippen molar-refractivity contribution in [3.8, 4) is 5.75 Å². The number of amides is 4. The SMILES string of the molecule is O=C(CCOc1ccccc1)NCCN1C(=O)CNC1=O. The molecule has 0 spiro atoms. The lowest BCUT2D eigenvalue weighted by atomic mass is 10.3. The monoisotopic (exact) mass is 291 g/mol. The molecule has 1 aromatic rings. The molecule has 7 heteroatoms. The number of para-hydroxylation sites is 1. The second-order valence-electron chi connectivity index (χ2n) is 4.47. The fourth-order valence-corrected chi connectivity index (χ4v) is 1.86. The number of carbonyl (C=O) groups is 3. The number of hydrogen-bond donors (Lipinski definition) is 2. The summed E-state index contributed by atoms with van der Waals surface area (Å²) in [6.07, 6.45) is 0.217. The molecule has 1 heterocycles. The summed E-state index contributed by atoms with van der Waals surface area (Å²) in [6, 6.07) is 8.81. The maximum absolute atomic E-state index is 11.6. The van der Waals surface area contributed by atoms with Gasteiger partial charge in [0.1, 0.15) is 5.75 Å². The third-order valence-electron chi connectivity index (χ3n) is 2.94. The van der Waals surface area contributed by atoms with Gasteiger partial charge in [-0.15, -0.1) is 0 Å². The molecule has 2 rings (SSSR count). The van der Waals surface area contributed by atoms with E-state index in [0.29, 0.717) is 5.75 Å². The van der Waals surface area contributed by atoms with Gasteiger partial charge in [0.15, 0.2) is 0 Å². The molecule has 0 radical (unpaired) electrons. The van der Waals surface area contributed by atoms with E-state index < -0.39 is 6.03 Å². The Hall–Kier alpha value is -2.57. The standard InChI is InChI=1S/C14H17N3O4/c18-12(6-9-21-11-4-2-1-3-5-11)15-7-8-17-13(19)10-16-14(17)20/h1-5H,6-10H2,(H,15,18)(H,16,20). The van der Waals surface area contributed by atoms with Crippen molar-refractivity contribution in [3.05, 3.63) is 30.3 Å². The molecule has 7 nitrogen and oxygen atoms in total. The predicted octanol–water partition coefficient (Wildman–Crippen LogP) is 0.124. The predicted molar refractivity (Wildman–Crippen MR) is 74.7 cm³/mol. The van der Waals surface area contributed by atoms with Gasteiger partial charge in [-0.25, -0.2) is 4.79 Å². The highest BCUT2D eigenvalue weighted by molar-refractivity contribution is 6.01. The molecule has 4 amide bonds. The van der Waals surface area contributed by atoms with Crippen LogP contribution < -0.4 is 15.4 Å². The molecule has 0 unspecified atom stereocenters. The molecule has 112 valence electrons. The lowest BCUT2D eigenvalue weighted by molar-refractivity contribution is -0.126. The molecule has 0 saturated carbocycles. The molecule has 0 aliphatic carbocycles. The van der Waals surface area contributed by atoms with Gasteiger partial charge in [-0.05, 0) is 12.1 Å². The van der Waals surface area contributed by atoms with Crippen LogP contribution in [-0.2, 0) is 9.59 Å². The molecule has 0 bridgehead atoms. The third-order valence-corrected chi connectivity index (χ3v) is 2.94. The van der Waals surface area contributed by atoms with E-state index in [1.54, 1.807) is 0 Å². The van der Waals surface area contributed by atoms with Gasteiger partial charge in [-0.1, -0.05) is 18.2 Å². The number of imide groups is 1. The zero-order valence-electron chi connectivity index (χ0n) is 11.5. The molecule has 1 aliphatic heterocycles. The second kappa shape index (κ2) is 7.28. The van der Waals surface area contributed by atoms with Crippen molar-refractivity contribution in [2.45, 2.75) is 6.42 Å². The van der Waals surface area contributed by atoms with Gasteiger partial charge in [0.25, 0.3) is 0 Å². The minimum absolute atomic E-state index is 0.0255. The Morgan fingerprint density at radius 2 is 2.05 bits per heavy atom. The van der Waals surface area contributed by atoms with E-state index in [1.165, 1.54) is 0 Å². The highest BCUT2D eigenvalue weighted by Crippen LogP contribution is 2.08. The fourth-order valence-electron chi connectivity index (χ4n) is 1.86. The number of benzene rings is 1. The van der Waals surface area contributed by atoms with E-state index >= 15 is 0 Å². The summed E-state index contributed by atoms with van der Waals surface area (Å²) in [5, 5.41) is 5.06.